The average molecular weight is 387 g/mol. The van der Waals surface area contributed by atoms with Crippen LogP contribution in [0.2, 0.25) is 0 Å². The summed E-state index contributed by atoms with van der Waals surface area (Å²) in [4.78, 5) is 16.4. The van der Waals surface area contributed by atoms with Gasteiger partial charge in [-0.1, -0.05) is 6.07 Å². The zero-order valence-corrected chi connectivity index (χ0v) is 16.4. The molecule has 144 valence electrons. The van der Waals surface area contributed by atoms with Gasteiger partial charge in [0, 0.05) is 41.6 Å². The third-order valence-corrected chi connectivity index (χ3v) is 6.27. The highest BCUT2D eigenvalue weighted by molar-refractivity contribution is 7.10. The fourth-order valence-electron chi connectivity index (χ4n) is 3.66. The van der Waals surface area contributed by atoms with E-state index in [9.17, 15) is 4.79 Å². The van der Waals surface area contributed by atoms with Crippen molar-refractivity contribution < 1.29 is 14.3 Å². The number of carbonyl (C=O) groups is 1. The van der Waals surface area contributed by atoms with E-state index >= 15 is 0 Å². The van der Waals surface area contributed by atoms with Gasteiger partial charge >= 0.3 is 0 Å². The lowest BCUT2D eigenvalue weighted by Gasteiger charge is -2.26. The van der Waals surface area contributed by atoms with Crippen LogP contribution in [0.5, 0.6) is 5.75 Å². The normalized spacial score (nSPS) is 17.3. The Kier molecular flexibility index (Phi) is 6.07. The number of hydrogen-bond donors (Lipinski definition) is 1. The molecule has 0 atom stereocenters. The molecular formula is C21H26N2O3S. The van der Waals surface area contributed by atoms with Crippen LogP contribution in [0, 0.1) is 0 Å². The first-order valence-electron chi connectivity index (χ1n) is 9.73. The summed E-state index contributed by atoms with van der Waals surface area (Å²) >= 11 is 1.72. The number of nitrogens with one attached hydrogen (secondary N) is 1. The molecule has 1 saturated heterocycles. The van der Waals surface area contributed by atoms with Gasteiger partial charge < -0.3 is 14.8 Å². The number of amides is 1. The first-order valence-corrected chi connectivity index (χ1v) is 10.6. The minimum atomic E-state index is -0.0140. The van der Waals surface area contributed by atoms with Crippen LogP contribution < -0.4 is 10.1 Å². The summed E-state index contributed by atoms with van der Waals surface area (Å²) in [6.07, 6.45) is 4.54. The number of aryl methyl sites for hydroxylation is 1. The summed E-state index contributed by atoms with van der Waals surface area (Å²) in [7, 11) is 0. The van der Waals surface area contributed by atoms with Gasteiger partial charge in [0.05, 0.1) is 18.8 Å². The van der Waals surface area contributed by atoms with Gasteiger partial charge in [0.2, 0.25) is 0 Å². The fraction of sp³-hybridized carbons (Fsp3) is 0.476. The topological polar surface area (TPSA) is 50.8 Å². The predicted octanol–water partition coefficient (Wildman–Crippen LogP) is 3.59. The minimum absolute atomic E-state index is 0.0140. The van der Waals surface area contributed by atoms with Crippen molar-refractivity contribution in [2.75, 3.05) is 44.8 Å². The highest BCUT2D eigenvalue weighted by Crippen LogP contribution is 2.30. The molecule has 1 N–H and O–H groups in total. The van der Waals surface area contributed by atoms with E-state index < -0.39 is 0 Å². The molecule has 1 aliphatic carbocycles. The van der Waals surface area contributed by atoms with Crippen molar-refractivity contribution in [1.29, 1.82) is 0 Å². The molecule has 0 unspecified atom stereocenters. The molecular weight excluding hydrogens is 360 g/mol. The lowest BCUT2D eigenvalue weighted by molar-refractivity contribution is 0.0322. The standard InChI is InChI=1S/C21H26N2O3S/c24-21(19-15-27-20-7-2-1-6-18(19)20)22-16-4-3-5-17(14-16)26-13-10-23-8-11-25-12-9-23/h3-5,14-15H,1-2,6-13H2,(H,22,24). The molecule has 1 aromatic carbocycles. The maximum atomic E-state index is 12.7. The van der Waals surface area contributed by atoms with Crippen LogP contribution >= 0.6 is 11.3 Å². The van der Waals surface area contributed by atoms with Gasteiger partial charge in [-0.05, 0) is 43.4 Å². The number of rotatable bonds is 6. The molecule has 0 radical (unpaired) electrons. The lowest BCUT2D eigenvalue weighted by atomic mass is 9.95. The largest absolute Gasteiger partial charge is 0.492 e. The third kappa shape index (κ3) is 4.69. The minimum Gasteiger partial charge on any atom is -0.492 e. The van der Waals surface area contributed by atoms with Crippen molar-refractivity contribution in [3.05, 3.63) is 45.6 Å². The van der Waals surface area contributed by atoms with Crippen molar-refractivity contribution in [1.82, 2.24) is 4.90 Å². The maximum absolute atomic E-state index is 12.7. The third-order valence-electron chi connectivity index (χ3n) is 5.18. The van der Waals surface area contributed by atoms with Gasteiger partial charge in [-0.2, -0.15) is 0 Å². The summed E-state index contributed by atoms with van der Waals surface area (Å²) in [5.74, 6) is 0.772. The van der Waals surface area contributed by atoms with E-state index in [2.05, 4.69) is 10.2 Å². The molecule has 1 fully saturated rings. The number of anilines is 1. The number of nitrogens with zero attached hydrogens (tertiary/aromatic N) is 1. The van der Waals surface area contributed by atoms with Crippen molar-refractivity contribution in [2.24, 2.45) is 0 Å². The highest BCUT2D eigenvalue weighted by Gasteiger charge is 2.20. The quantitative estimate of drug-likeness (QED) is 0.824. The first-order chi connectivity index (χ1) is 13.3. The van der Waals surface area contributed by atoms with E-state index in [-0.39, 0.29) is 5.91 Å². The number of thiophene rings is 1. The zero-order chi connectivity index (χ0) is 18.5. The van der Waals surface area contributed by atoms with E-state index in [4.69, 9.17) is 9.47 Å². The van der Waals surface area contributed by atoms with Gasteiger partial charge in [-0.3, -0.25) is 9.69 Å². The SMILES string of the molecule is O=C(Nc1cccc(OCCN2CCOCC2)c1)c1csc2c1CCCC2. The Balaban J connectivity index is 1.33. The molecule has 27 heavy (non-hydrogen) atoms. The number of benzene rings is 1. The number of fused-ring (bicyclic) bond motifs is 1. The number of ether oxygens (including phenoxy) is 2. The second kappa shape index (κ2) is 8.87. The van der Waals surface area contributed by atoms with E-state index in [1.807, 2.05) is 29.6 Å². The van der Waals surface area contributed by atoms with E-state index in [1.54, 1.807) is 11.3 Å². The molecule has 2 aliphatic rings. The molecule has 6 heteroatoms. The summed E-state index contributed by atoms with van der Waals surface area (Å²) in [6.45, 7) is 5.05. The second-order valence-corrected chi connectivity index (χ2v) is 8.01. The first kappa shape index (κ1) is 18.5. The lowest BCUT2D eigenvalue weighted by Crippen LogP contribution is -2.38. The van der Waals surface area contributed by atoms with Crippen LogP contribution in [0.4, 0.5) is 5.69 Å². The van der Waals surface area contributed by atoms with Gasteiger partial charge in [0.1, 0.15) is 12.4 Å². The van der Waals surface area contributed by atoms with E-state index in [0.717, 1.165) is 62.7 Å². The number of hydrogen-bond acceptors (Lipinski definition) is 5. The van der Waals surface area contributed by atoms with Crippen molar-refractivity contribution in [3.8, 4) is 5.75 Å². The Morgan fingerprint density at radius 1 is 1.22 bits per heavy atom. The Morgan fingerprint density at radius 3 is 2.96 bits per heavy atom. The van der Waals surface area contributed by atoms with Crippen molar-refractivity contribution >= 4 is 22.9 Å². The molecule has 1 amide bonds. The Morgan fingerprint density at radius 2 is 2.07 bits per heavy atom. The van der Waals surface area contributed by atoms with E-state index in [1.165, 1.54) is 23.3 Å². The Bertz CT molecular complexity index is 783. The molecule has 4 rings (SSSR count). The Labute approximate surface area is 164 Å². The summed E-state index contributed by atoms with van der Waals surface area (Å²) in [6, 6.07) is 7.66. The summed E-state index contributed by atoms with van der Waals surface area (Å²) in [5.41, 5.74) is 2.87. The van der Waals surface area contributed by atoms with Crippen LogP contribution in [0.1, 0.15) is 33.6 Å². The number of carbonyl (C=O) groups excluding carboxylic acids is 1. The van der Waals surface area contributed by atoms with Crippen molar-refractivity contribution in [2.45, 2.75) is 25.7 Å². The predicted molar refractivity (Wildman–Crippen MR) is 108 cm³/mol. The average Bonchev–Trinajstić information content (AvgIpc) is 3.13. The molecule has 1 aliphatic heterocycles. The van der Waals surface area contributed by atoms with Crippen LogP contribution in [0.15, 0.2) is 29.6 Å². The summed E-state index contributed by atoms with van der Waals surface area (Å²) in [5, 5.41) is 5.04. The molecule has 1 aromatic heterocycles. The smallest absolute Gasteiger partial charge is 0.256 e. The highest BCUT2D eigenvalue weighted by atomic mass is 32.1. The molecule has 0 saturated carbocycles. The van der Waals surface area contributed by atoms with Crippen LogP contribution in [0.3, 0.4) is 0 Å². The van der Waals surface area contributed by atoms with Gasteiger partial charge in [-0.15, -0.1) is 11.3 Å². The van der Waals surface area contributed by atoms with E-state index in [0.29, 0.717) is 6.61 Å². The van der Waals surface area contributed by atoms with Gasteiger partial charge in [-0.25, -0.2) is 0 Å². The zero-order valence-electron chi connectivity index (χ0n) is 15.5. The molecule has 5 nitrogen and oxygen atoms in total. The van der Waals surface area contributed by atoms with Gasteiger partial charge in [0.25, 0.3) is 5.91 Å². The number of morpholine rings is 1. The maximum Gasteiger partial charge on any atom is 0.256 e. The monoisotopic (exact) mass is 386 g/mol. The summed E-state index contributed by atoms with van der Waals surface area (Å²) < 4.78 is 11.2. The van der Waals surface area contributed by atoms with Crippen molar-refractivity contribution in [3.63, 3.8) is 0 Å². The van der Waals surface area contributed by atoms with Gasteiger partial charge in [0.15, 0.2) is 0 Å². The van der Waals surface area contributed by atoms with Crippen LogP contribution in [-0.4, -0.2) is 50.3 Å². The van der Waals surface area contributed by atoms with Crippen LogP contribution in [-0.2, 0) is 17.6 Å². The molecule has 2 heterocycles. The molecule has 0 spiro atoms. The Hall–Kier alpha value is -1.89. The second-order valence-electron chi connectivity index (χ2n) is 7.04. The molecule has 0 bridgehead atoms. The van der Waals surface area contributed by atoms with Crippen LogP contribution in [0.25, 0.3) is 0 Å². The molecule has 2 aromatic rings. The fourth-order valence-corrected chi connectivity index (χ4v) is 4.79.